The van der Waals surface area contributed by atoms with Crippen molar-refractivity contribution in [1.82, 2.24) is 0 Å². The predicted octanol–water partition coefficient (Wildman–Crippen LogP) is 1.92. The van der Waals surface area contributed by atoms with Crippen LogP contribution in [-0.4, -0.2) is 58.4 Å². The van der Waals surface area contributed by atoms with Crippen molar-refractivity contribution in [3.8, 4) is 0 Å². The summed E-state index contributed by atoms with van der Waals surface area (Å²) < 4.78 is 18.9. The lowest BCUT2D eigenvalue weighted by atomic mass is 10.4. The van der Waals surface area contributed by atoms with Gasteiger partial charge in [-0.2, -0.15) is 0 Å². The molecule has 20 heavy (non-hydrogen) atoms. The normalized spacial score (nSPS) is 16.5. The lowest BCUT2D eigenvalue weighted by molar-refractivity contribution is -0.140. The molecule has 0 saturated carbocycles. The molecule has 0 aliphatic rings. The minimum atomic E-state index is -1.79. The maximum absolute atomic E-state index is 9.81. The van der Waals surface area contributed by atoms with Gasteiger partial charge in [0.25, 0.3) is 0 Å². The zero-order valence-electron chi connectivity index (χ0n) is 15.0. The number of aliphatic hydroxyl groups excluding tert-OH is 1. The summed E-state index contributed by atoms with van der Waals surface area (Å²) in [5.74, 6) is 0. The van der Waals surface area contributed by atoms with Crippen LogP contribution in [0.4, 0.5) is 0 Å². The van der Waals surface area contributed by atoms with E-state index in [9.17, 15) is 5.11 Å². The molecule has 4 nitrogen and oxygen atoms in total. The maximum Gasteiger partial charge on any atom is 0.187 e. The Labute approximate surface area is 131 Å². The van der Waals surface area contributed by atoms with Gasteiger partial charge in [0.15, 0.2) is 25.0 Å². The van der Waals surface area contributed by atoms with E-state index >= 15 is 0 Å². The predicted molar refractivity (Wildman–Crippen MR) is 96.8 cm³/mol. The van der Waals surface area contributed by atoms with Gasteiger partial charge in [-0.3, -0.25) is 0 Å². The van der Waals surface area contributed by atoms with Gasteiger partial charge in [0.05, 0.1) is 16.8 Å². The Morgan fingerprint density at radius 2 is 1.20 bits per heavy atom. The van der Waals surface area contributed by atoms with Crippen molar-refractivity contribution in [2.45, 2.75) is 70.4 Å². The van der Waals surface area contributed by atoms with Gasteiger partial charge in [-0.05, 0) is 58.9 Å². The van der Waals surface area contributed by atoms with Crippen molar-refractivity contribution in [2.24, 2.45) is 0 Å². The van der Waals surface area contributed by atoms with Crippen LogP contribution in [0.25, 0.3) is 0 Å². The van der Waals surface area contributed by atoms with Gasteiger partial charge in [-0.1, -0.05) is 0 Å². The van der Waals surface area contributed by atoms with Gasteiger partial charge in [0, 0.05) is 0 Å². The number of hydrogen-bond donors (Lipinski definition) is 1. The zero-order valence-corrected chi connectivity index (χ0v) is 20.0. The van der Waals surface area contributed by atoms with Crippen LogP contribution in [0.2, 0.25) is 58.9 Å². The Morgan fingerprint density at radius 3 is 1.40 bits per heavy atom. The molecule has 0 heterocycles. The van der Waals surface area contributed by atoms with Crippen molar-refractivity contribution in [3.05, 3.63) is 0 Å². The first-order chi connectivity index (χ1) is 8.58. The van der Waals surface area contributed by atoms with Crippen LogP contribution in [0, 0.1) is 0 Å². The molecule has 122 valence electrons. The summed E-state index contributed by atoms with van der Waals surface area (Å²) >= 11 is 0. The van der Waals surface area contributed by atoms with E-state index in [1.165, 1.54) is 0 Å². The number of hydrogen-bond acceptors (Lipinski definition) is 4. The third kappa shape index (κ3) is 8.88. The molecule has 0 aromatic rings. The van der Waals surface area contributed by atoms with E-state index < -0.39 is 30.4 Å². The average molecular weight is 355 g/mol. The van der Waals surface area contributed by atoms with Gasteiger partial charge in [-0.15, -0.1) is 0 Å². The topological polar surface area (TPSA) is 47.9 Å². The molecule has 0 fully saturated rings. The van der Waals surface area contributed by atoms with Gasteiger partial charge in [0.1, 0.15) is 11.5 Å². The highest BCUT2D eigenvalue weighted by Crippen LogP contribution is 2.28. The molecule has 0 spiro atoms. The fraction of sp³-hybridized carbons (Fsp3) is 1.00. The molecule has 0 aromatic heterocycles. The summed E-state index contributed by atoms with van der Waals surface area (Å²) in [6.07, 6.45) is -0.376. The molecular weight excluding hydrogens is 320 g/mol. The average Bonchev–Trinajstić information content (AvgIpc) is 2.05. The first-order valence-electron chi connectivity index (χ1n) is 7.27. The van der Waals surface area contributed by atoms with E-state index in [0.717, 1.165) is 0 Å². The largest absolute Gasteiger partial charge is 0.407 e. The Kier molecular flexibility index (Phi) is 7.10. The highest BCUT2D eigenvalue weighted by Gasteiger charge is 2.44. The second-order valence-electron chi connectivity index (χ2n) is 8.35. The first-order valence-corrected chi connectivity index (χ1v) is 18.5. The van der Waals surface area contributed by atoms with E-state index in [2.05, 4.69) is 58.9 Å². The third-order valence-electron chi connectivity index (χ3n) is 2.26. The second kappa shape index (κ2) is 6.86. The fourth-order valence-corrected chi connectivity index (χ4v) is 10.3. The first kappa shape index (κ1) is 20.7. The zero-order chi connectivity index (χ0) is 16.4. The Hall–Kier alpha value is 0.708. The lowest BCUT2D eigenvalue weighted by Crippen LogP contribution is -2.61. The van der Waals surface area contributed by atoms with E-state index in [1.807, 2.05) is 0 Å². The monoisotopic (exact) mass is 354 g/mol. The minimum Gasteiger partial charge on any atom is -0.407 e. The van der Waals surface area contributed by atoms with Gasteiger partial charge < -0.3 is 18.4 Å². The maximum atomic E-state index is 9.81. The second-order valence-corrected chi connectivity index (χ2v) is 23.1. The van der Waals surface area contributed by atoms with E-state index in [0.29, 0.717) is 10.2 Å². The summed E-state index contributed by atoms with van der Waals surface area (Å²) in [5, 5.41) is 9.81. The molecule has 0 aliphatic carbocycles. The molecule has 0 aromatic carbocycles. The molecule has 1 unspecified atom stereocenters. The van der Waals surface area contributed by atoms with Crippen LogP contribution in [0.3, 0.4) is 0 Å². The standard InChI is InChI=1S/C12H34O4Si4/c1-18(2,3)14-11(10-13)12(17,15-19(4,5)6)16-20(7,8)9/h11,13H,10H2,1-9,17H3. The van der Waals surface area contributed by atoms with Crippen molar-refractivity contribution >= 4 is 35.2 Å². The van der Waals surface area contributed by atoms with Crippen LogP contribution in [-0.2, 0) is 13.3 Å². The fourth-order valence-electron chi connectivity index (χ4n) is 2.11. The van der Waals surface area contributed by atoms with Crippen molar-refractivity contribution < 1.29 is 18.4 Å². The number of rotatable bonds is 8. The Balaban J connectivity index is 5.36. The van der Waals surface area contributed by atoms with Crippen LogP contribution in [0.5, 0.6) is 0 Å². The summed E-state index contributed by atoms with van der Waals surface area (Å²) in [6, 6.07) is 0. The van der Waals surface area contributed by atoms with E-state index in [4.69, 9.17) is 13.3 Å². The molecule has 0 aliphatic heterocycles. The molecule has 0 amide bonds. The molecule has 0 rings (SSSR count). The van der Waals surface area contributed by atoms with Gasteiger partial charge >= 0.3 is 0 Å². The Morgan fingerprint density at radius 1 is 0.850 bits per heavy atom. The number of aliphatic hydroxyl groups is 1. The lowest BCUT2D eigenvalue weighted by Gasteiger charge is -2.46. The molecule has 0 radical (unpaired) electrons. The summed E-state index contributed by atoms with van der Waals surface area (Å²) in [6.45, 7) is 19.2. The van der Waals surface area contributed by atoms with E-state index in [-0.39, 0.29) is 12.7 Å². The van der Waals surface area contributed by atoms with Gasteiger partial charge in [-0.25, -0.2) is 0 Å². The van der Waals surface area contributed by atoms with E-state index in [1.54, 1.807) is 0 Å². The smallest absolute Gasteiger partial charge is 0.187 e. The highest BCUT2D eigenvalue weighted by molar-refractivity contribution is 6.72. The van der Waals surface area contributed by atoms with Crippen molar-refractivity contribution in [1.29, 1.82) is 0 Å². The van der Waals surface area contributed by atoms with Gasteiger partial charge in [0.2, 0.25) is 0 Å². The van der Waals surface area contributed by atoms with Crippen LogP contribution in [0.1, 0.15) is 0 Å². The van der Waals surface area contributed by atoms with Crippen LogP contribution < -0.4 is 0 Å². The summed E-state index contributed by atoms with van der Waals surface area (Å²) in [5.41, 5.74) is -0.732. The van der Waals surface area contributed by atoms with Crippen molar-refractivity contribution in [3.63, 3.8) is 0 Å². The quantitative estimate of drug-likeness (QED) is 0.534. The van der Waals surface area contributed by atoms with Crippen molar-refractivity contribution in [2.75, 3.05) is 6.61 Å². The molecule has 1 N–H and O–H groups in total. The SMILES string of the molecule is C[Si](C)(C)OC(CO)C([SiH3])(O[Si](C)(C)C)O[Si](C)(C)C. The van der Waals surface area contributed by atoms with Crippen LogP contribution in [0.15, 0.2) is 0 Å². The molecule has 0 saturated heterocycles. The Bertz CT molecular complexity index is 288. The molecular formula is C12H34O4Si4. The third-order valence-corrected chi connectivity index (χ3v) is 7.16. The highest BCUT2D eigenvalue weighted by atomic mass is 28.4. The minimum absolute atomic E-state index is 0.0528. The molecule has 0 bridgehead atoms. The summed E-state index contributed by atoms with van der Waals surface area (Å²) in [7, 11) is -4.67. The molecule has 1 atom stereocenters. The summed E-state index contributed by atoms with van der Waals surface area (Å²) in [4.78, 5) is 0. The molecule has 8 heteroatoms. The van der Waals surface area contributed by atoms with Crippen LogP contribution >= 0.6 is 0 Å².